The van der Waals surface area contributed by atoms with E-state index >= 15 is 0 Å². The predicted octanol–water partition coefficient (Wildman–Crippen LogP) is -1.86. The summed E-state index contributed by atoms with van der Waals surface area (Å²) in [6, 6.07) is -1.14. The number of carbonyl (C=O) groups is 2. The average Bonchev–Trinajstić information content (AvgIpc) is 2.86. The summed E-state index contributed by atoms with van der Waals surface area (Å²) in [6.07, 6.45) is -0.203. The second-order valence-corrected chi connectivity index (χ2v) is 4.42. The molecule has 2 heterocycles. The van der Waals surface area contributed by atoms with Crippen molar-refractivity contribution in [3.63, 3.8) is 0 Å². The molecule has 0 bridgehead atoms. The maximum atomic E-state index is 11.8. The van der Waals surface area contributed by atoms with Gasteiger partial charge in [-0.2, -0.15) is 0 Å². The number of aromatic nitrogens is 2. The number of aliphatic hydroxyl groups excluding tert-OH is 2. The van der Waals surface area contributed by atoms with Crippen molar-refractivity contribution < 1.29 is 24.9 Å². The molecule has 2 unspecified atom stereocenters. The van der Waals surface area contributed by atoms with Gasteiger partial charge in [0.2, 0.25) is 5.91 Å². The number of rotatable bonds is 4. The van der Waals surface area contributed by atoms with E-state index in [-0.39, 0.29) is 19.3 Å². The van der Waals surface area contributed by atoms with Gasteiger partial charge in [-0.15, -0.1) is 0 Å². The van der Waals surface area contributed by atoms with Crippen molar-refractivity contribution >= 4 is 11.8 Å². The minimum absolute atomic E-state index is 0.000890. The van der Waals surface area contributed by atoms with Crippen LogP contribution in [0.2, 0.25) is 0 Å². The highest BCUT2D eigenvalue weighted by Crippen LogP contribution is 2.19. The fourth-order valence-corrected chi connectivity index (χ4v) is 2.09. The van der Waals surface area contributed by atoms with Gasteiger partial charge in [-0.05, 0) is 6.42 Å². The number of nitrogens with zero attached hydrogens (tertiary/aromatic N) is 2. The topological polar surface area (TPSA) is 127 Å². The highest BCUT2D eigenvalue weighted by molar-refractivity contribution is 6.00. The molecule has 1 aromatic rings. The summed E-state index contributed by atoms with van der Waals surface area (Å²) in [7, 11) is 0. The van der Waals surface area contributed by atoms with E-state index in [0.717, 1.165) is 4.90 Å². The molecule has 0 spiro atoms. The maximum absolute atomic E-state index is 11.8. The minimum Gasteiger partial charge on any atom is -0.383 e. The Balaban J connectivity index is 2.22. The van der Waals surface area contributed by atoms with Crippen molar-refractivity contribution in [2.45, 2.75) is 37.7 Å². The molecule has 1 aromatic heterocycles. The molecule has 2 amide bonds. The molecule has 0 aromatic carbocycles. The van der Waals surface area contributed by atoms with Crippen molar-refractivity contribution in [2.24, 2.45) is 0 Å². The Bertz CT molecular complexity index is 459. The standard InChI is InChI=1S/C11H15N3O5/c15-8-1-2-9(16)14(10(8)17)7(11(18)19)3-6-4-12-5-13-6/h4-5,7-8,11,15,18-19H,1-3H2,(H,12,13). The number of imidazole rings is 1. The van der Waals surface area contributed by atoms with Crippen molar-refractivity contribution in [3.05, 3.63) is 18.2 Å². The van der Waals surface area contributed by atoms with Crippen molar-refractivity contribution in [1.82, 2.24) is 14.9 Å². The molecule has 0 radical (unpaired) electrons. The van der Waals surface area contributed by atoms with Gasteiger partial charge in [0.1, 0.15) is 6.10 Å². The van der Waals surface area contributed by atoms with Gasteiger partial charge in [0, 0.05) is 24.7 Å². The molecule has 8 heteroatoms. The fraction of sp³-hybridized carbons (Fsp3) is 0.545. The molecule has 1 fully saturated rings. The number of aromatic amines is 1. The monoisotopic (exact) mass is 269 g/mol. The smallest absolute Gasteiger partial charge is 0.258 e. The van der Waals surface area contributed by atoms with Gasteiger partial charge >= 0.3 is 0 Å². The molecular formula is C11H15N3O5. The number of aliphatic hydroxyl groups is 3. The molecule has 2 rings (SSSR count). The Hall–Kier alpha value is -1.77. The summed E-state index contributed by atoms with van der Waals surface area (Å²) < 4.78 is 0. The molecule has 0 saturated carbocycles. The first kappa shape index (κ1) is 13.7. The van der Waals surface area contributed by atoms with E-state index in [9.17, 15) is 24.9 Å². The van der Waals surface area contributed by atoms with Gasteiger partial charge in [-0.25, -0.2) is 4.98 Å². The third kappa shape index (κ3) is 2.80. The molecule has 0 aliphatic carbocycles. The number of imide groups is 1. The first-order valence-electron chi connectivity index (χ1n) is 5.88. The van der Waals surface area contributed by atoms with Gasteiger partial charge in [-0.1, -0.05) is 0 Å². The van der Waals surface area contributed by atoms with Gasteiger partial charge in [0.25, 0.3) is 5.91 Å². The number of H-pyrrole nitrogens is 1. The lowest BCUT2D eigenvalue weighted by atomic mass is 10.0. The Labute approximate surface area is 108 Å². The van der Waals surface area contributed by atoms with Gasteiger partial charge in [-0.3, -0.25) is 14.5 Å². The molecule has 1 saturated heterocycles. The lowest BCUT2D eigenvalue weighted by Gasteiger charge is -2.35. The van der Waals surface area contributed by atoms with Gasteiger partial charge in [0.05, 0.1) is 12.4 Å². The second-order valence-electron chi connectivity index (χ2n) is 4.42. The Kier molecular flexibility index (Phi) is 3.93. The van der Waals surface area contributed by atoms with Crippen LogP contribution in [0.25, 0.3) is 0 Å². The van der Waals surface area contributed by atoms with Crippen LogP contribution in [0.3, 0.4) is 0 Å². The highest BCUT2D eigenvalue weighted by Gasteiger charge is 2.40. The molecular weight excluding hydrogens is 254 g/mol. The molecule has 1 aliphatic heterocycles. The third-order valence-corrected chi connectivity index (χ3v) is 3.08. The molecule has 4 N–H and O–H groups in total. The highest BCUT2D eigenvalue weighted by atomic mass is 16.5. The van der Waals surface area contributed by atoms with Crippen LogP contribution in [0.15, 0.2) is 12.5 Å². The van der Waals surface area contributed by atoms with Crippen LogP contribution < -0.4 is 0 Å². The summed E-state index contributed by atoms with van der Waals surface area (Å²) in [6.45, 7) is 0. The van der Waals surface area contributed by atoms with E-state index in [1.54, 1.807) is 0 Å². The van der Waals surface area contributed by atoms with Crippen LogP contribution in [0.1, 0.15) is 18.5 Å². The van der Waals surface area contributed by atoms with E-state index < -0.39 is 30.3 Å². The quantitative estimate of drug-likeness (QED) is 0.375. The van der Waals surface area contributed by atoms with Gasteiger partial charge in [0.15, 0.2) is 6.29 Å². The fourth-order valence-electron chi connectivity index (χ4n) is 2.09. The normalized spacial score (nSPS) is 22.1. The molecule has 2 atom stereocenters. The zero-order chi connectivity index (χ0) is 14.0. The van der Waals surface area contributed by atoms with E-state index in [0.29, 0.717) is 5.69 Å². The minimum atomic E-state index is -1.89. The first-order chi connectivity index (χ1) is 9.00. The average molecular weight is 269 g/mol. The lowest BCUT2D eigenvalue weighted by Crippen LogP contribution is -2.57. The summed E-state index contributed by atoms with van der Waals surface area (Å²) in [5, 5.41) is 28.3. The Morgan fingerprint density at radius 2 is 2.21 bits per heavy atom. The molecule has 19 heavy (non-hydrogen) atoms. The number of piperidine rings is 1. The maximum Gasteiger partial charge on any atom is 0.258 e. The van der Waals surface area contributed by atoms with Crippen LogP contribution >= 0.6 is 0 Å². The summed E-state index contributed by atoms with van der Waals surface area (Å²) >= 11 is 0. The zero-order valence-corrected chi connectivity index (χ0v) is 10.1. The van der Waals surface area contributed by atoms with Crippen LogP contribution in [-0.4, -0.2) is 60.4 Å². The lowest BCUT2D eigenvalue weighted by molar-refractivity contribution is -0.171. The number of amides is 2. The number of hydrogen-bond acceptors (Lipinski definition) is 6. The van der Waals surface area contributed by atoms with E-state index in [4.69, 9.17) is 0 Å². The largest absolute Gasteiger partial charge is 0.383 e. The Morgan fingerprint density at radius 1 is 1.47 bits per heavy atom. The molecule has 8 nitrogen and oxygen atoms in total. The zero-order valence-electron chi connectivity index (χ0n) is 10.1. The summed E-state index contributed by atoms with van der Waals surface area (Å²) in [5.41, 5.74) is 0.554. The van der Waals surface area contributed by atoms with Crippen LogP contribution in [0.4, 0.5) is 0 Å². The summed E-state index contributed by atoms with van der Waals surface area (Å²) in [4.78, 5) is 30.9. The van der Waals surface area contributed by atoms with E-state index in [1.807, 2.05) is 0 Å². The van der Waals surface area contributed by atoms with Crippen molar-refractivity contribution in [1.29, 1.82) is 0 Å². The Morgan fingerprint density at radius 3 is 2.79 bits per heavy atom. The van der Waals surface area contributed by atoms with E-state index in [2.05, 4.69) is 9.97 Å². The van der Waals surface area contributed by atoms with Crippen LogP contribution in [0, 0.1) is 0 Å². The molecule has 1 aliphatic rings. The third-order valence-electron chi connectivity index (χ3n) is 3.08. The first-order valence-corrected chi connectivity index (χ1v) is 5.88. The van der Waals surface area contributed by atoms with Gasteiger partial charge < -0.3 is 20.3 Å². The SMILES string of the molecule is O=C1CCC(O)C(=O)N1C(Cc1cnc[nH]1)C(O)O. The van der Waals surface area contributed by atoms with Crippen LogP contribution in [-0.2, 0) is 16.0 Å². The predicted molar refractivity (Wildman–Crippen MR) is 61.4 cm³/mol. The second kappa shape index (κ2) is 5.47. The molecule has 104 valence electrons. The summed E-state index contributed by atoms with van der Waals surface area (Å²) in [5.74, 6) is -1.32. The van der Waals surface area contributed by atoms with E-state index in [1.165, 1.54) is 12.5 Å². The van der Waals surface area contributed by atoms with Crippen LogP contribution in [0.5, 0.6) is 0 Å². The number of hydrogen-bond donors (Lipinski definition) is 4. The number of likely N-dealkylation sites (tertiary alicyclic amines) is 1. The van der Waals surface area contributed by atoms with Crippen molar-refractivity contribution in [3.8, 4) is 0 Å². The number of nitrogens with one attached hydrogen (secondary N) is 1. The number of carbonyl (C=O) groups excluding carboxylic acids is 2. The van der Waals surface area contributed by atoms with Crippen molar-refractivity contribution in [2.75, 3.05) is 0 Å².